The fraction of sp³-hybridized carbons (Fsp3) is 0.700. The van der Waals surface area contributed by atoms with Crippen molar-refractivity contribution in [2.24, 2.45) is 0 Å². The van der Waals surface area contributed by atoms with E-state index in [-0.39, 0.29) is 0 Å². The second-order valence-corrected chi connectivity index (χ2v) is 17.2. The van der Waals surface area contributed by atoms with Gasteiger partial charge in [-0.3, -0.25) is 0 Å². The van der Waals surface area contributed by atoms with Gasteiger partial charge in [0.1, 0.15) is 6.26 Å². The van der Waals surface area contributed by atoms with E-state index in [0.717, 1.165) is 5.89 Å². The van der Waals surface area contributed by atoms with Crippen molar-refractivity contribution >= 4 is 16.1 Å². The van der Waals surface area contributed by atoms with E-state index in [9.17, 15) is 0 Å². The van der Waals surface area contributed by atoms with E-state index in [1.165, 1.54) is 0 Å². The van der Waals surface area contributed by atoms with E-state index in [2.05, 4.69) is 44.3 Å². The van der Waals surface area contributed by atoms with Crippen molar-refractivity contribution in [3.05, 3.63) is 18.4 Å². The van der Waals surface area contributed by atoms with Gasteiger partial charge in [0.05, 0.1) is 22.3 Å². The Balaban J connectivity index is 3.08. The Morgan fingerprint density at radius 3 is 1.86 bits per heavy atom. The average Bonchev–Trinajstić information content (AvgIpc) is 2.31. The van der Waals surface area contributed by atoms with Crippen LogP contribution in [-0.4, -0.2) is 21.1 Å². The third-order valence-electron chi connectivity index (χ3n) is 2.43. The zero-order valence-electron chi connectivity index (χ0n) is 10.1. The van der Waals surface area contributed by atoms with Gasteiger partial charge in [-0.05, 0) is 0 Å². The summed E-state index contributed by atoms with van der Waals surface area (Å²) in [6.07, 6.45) is 3.46. The molecular formula is C10H21NOSi2. The Bertz CT molecular complexity index is 268. The molecule has 80 valence electrons. The van der Waals surface area contributed by atoms with E-state index >= 15 is 0 Å². The zero-order chi connectivity index (χ0) is 11.0. The molecule has 4 heteroatoms. The maximum absolute atomic E-state index is 5.51. The maximum Gasteiger partial charge on any atom is 0.191 e. The fourth-order valence-electron chi connectivity index (χ4n) is 2.42. The van der Waals surface area contributed by atoms with Gasteiger partial charge in [0, 0.05) is 5.16 Å². The molecule has 1 aromatic rings. The highest BCUT2D eigenvalue weighted by molar-refractivity contribution is 6.96. The minimum atomic E-state index is -1.22. The van der Waals surface area contributed by atoms with Gasteiger partial charge in [-0.15, -0.1) is 0 Å². The van der Waals surface area contributed by atoms with Gasteiger partial charge in [-0.25, -0.2) is 4.98 Å². The molecule has 0 aliphatic rings. The normalized spacial score (nSPS) is 13.6. The minimum absolute atomic E-state index is 0.616. The second kappa shape index (κ2) is 3.66. The molecule has 0 unspecified atom stereocenters. The summed E-state index contributed by atoms with van der Waals surface area (Å²) in [7, 11) is -2.44. The van der Waals surface area contributed by atoms with Crippen LogP contribution in [-0.2, 0) is 0 Å². The molecule has 1 aromatic heterocycles. The van der Waals surface area contributed by atoms with Crippen LogP contribution >= 0.6 is 0 Å². The quantitative estimate of drug-likeness (QED) is 0.739. The van der Waals surface area contributed by atoms with Gasteiger partial charge in [-0.1, -0.05) is 39.3 Å². The summed E-state index contributed by atoms with van der Waals surface area (Å²) in [4.78, 5) is 4.35. The molecule has 0 N–H and O–H groups in total. The topological polar surface area (TPSA) is 26.0 Å². The van der Waals surface area contributed by atoms with Crippen LogP contribution in [0.15, 0.2) is 16.9 Å². The Labute approximate surface area is 88.8 Å². The van der Waals surface area contributed by atoms with Crippen LogP contribution in [0.4, 0.5) is 0 Å². The van der Waals surface area contributed by atoms with Gasteiger partial charge in [-0.2, -0.15) is 0 Å². The van der Waals surface area contributed by atoms with Crippen molar-refractivity contribution in [2.45, 2.75) is 44.4 Å². The van der Waals surface area contributed by atoms with Crippen molar-refractivity contribution in [2.75, 3.05) is 0 Å². The summed E-state index contributed by atoms with van der Waals surface area (Å²) in [6, 6.07) is 0. The Morgan fingerprint density at radius 2 is 1.57 bits per heavy atom. The monoisotopic (exact) mass is 227 g/mol. The maximum atomic E-state index is 5.51. The predicted octanol–water partition coefficient (Wildman–Crippen LogP) is 3.51. The average molecular weight is 227 g/mol. The third-order valence-corrected chi connectivity index (χ3v) is 11.6. The van der Waals surface area contributed by atoms with Crippen molar-refractivity contribution in [3.63, 3.8) is 0 Å². The van der Waals surface area contributed by atoms with E-state index in [1.54, 1.807) is 12.5 Å². The van der Waals surface area contributed by atoms with E-state index < -0.39 is 16.1 Å². The first-order chi connectivity index (χ1) is 6.23. The molecule has 0 aliphatic heterocycles. The molecule has 0 spiro atoms. The molecule has 0 radical (unpaired) electrons. The molecule has 1 heterocycles. The summed E-state index contributed by atoms with van der Waals surface area (Å²) in [5.41, 5.74) is 0. The fourth-order valence-corrected chi connectivity index (χ4v) is 14.6. The van der Waals surface area contributed by atoms with E-state index in [1.807, 2.05) is 0 Å². The van der Waals surface area contributed by atoms with Gasteiger partial charge in [0.15, 0.2) is 5.89 Å². The molecule has 0 bridgehead atoms. The van der Waals surface area contributed by atoms with E-state index in [4.69, 9.17) is 4.42 Å². The van der Waals surface area contributed by atoms with Crippen molar-refractivity contribution in [3.8, 4) is 0 Å². The largest absolute Gasteiger partial charge is 0.449 e. The molecule has 14 heavy (non-hydrogen) atoms. The molecule has 0 aliphatic carbocycles. The van der Waals surface area contributed by atoms with Gasteiger partial charge in [0.2, 0.25) is 0 Å². The number of rotatable bonds is 3. The number of aromatic nitrogens is 1. The first-order valence-corrected chi connectivity index (χ1v) is 12.3. The minimum Gasteiger partial charge on any atom is -0.449 e. The molecule has 1 rings (SSSR count). The first-order valence-electron chi connectivity index (χ1n) is 5.12. The Morgan fingerprint density at radius 1 is 1.07 bits per heavy atom. The second-order valence-electron chi connectivity index (χ2n) is 6.04. The molecular weight excluding hydrogens is 206 g/mol. The van der Waals surface area contributed by atoms with Crippen molar-refractivity contribution in [1.29, 1.82) is 0 Å². The van der Waals surface area contributed by atoms with Crippen LogP contribution in [0.3, 0.4) is 0 Å². The van der Waals surface area contributed by atoms with Crippen molar-refractivity contribution in [1.82, 2.24) is 4.98 Å². The number of nitrogens with zero attached hydrogens (tertiary/aromatic N) is 1. The lowest BCUT2D eigenvalue weighted by Crippen LogP contribution is -2.46. The van der Waals surface area contributed by atoms with Crippen LogP contribution in [0.2, 0.25) is 39.3 Å². The van der Waals surface area contributed by atoms with Crippen LogP contribution in [0.25, 0.3) is 0 Å². The standard InChI is InChI=1S/C10H21NOSi2/c1-13(2,3)10(14(4,5)6)9-11-7-8-12-9/h7-8,10H,1-6H3. The van der Waals surface area contributed by atoms with Gasteiger partial charge in [0.25, 0.3) is 0 Å². The summed E-state index contributed by atoms with van der Waals surface area (Å²) in [6.45, 7) is 14.4. The SMILES string of the molecule is C[Si](C)(C)C(c1ncco1)[Si](C)(C)C. The zero-order valence-corrected chi connectivity index (χ0v) is 12.1. The summed E-state index contributed by atoms with van der Waals surface area (Å²) in [5, 5.41) is 0.616. The summed E-state index contributed by atoms with van der Waals surface area (Å²) >= 11 is 0. The van der Waals surface area contributed by atoms with Crippen molar-refractivity contribution < 1.29 is 4.42 Å². The first kappa shape index (κ1) is 11.7. The Kier molecular flexibility index (Phi) is 3.06. The van der Waals surface area contributed by atoms with Gasteiger partial charge >= 0.3 is 0 Å². The molecule has 0 amide bonds. The number of hydrogen-bond acceptors (Lipinski definition) is 2. The van der Waals surface area contributed by atoms with Crippen LogP contribution in [0.5, 0.6) is 0 Å². The van der Waals surface area contributed by atoms with Crippen LogP contribution in [0.1, 0.15) is 11.1 Å². The predicted molar refractivity (Wildman–Crippen MR) is 65.9 cm³/mol. The molecule has 0 saturated carbocycles. The van der Waals surface area contributed by atoms with Crippen LogP contribution in [0, 0.1) is 0 Å². The lowest BCUT2D eigenvalue weighted by molar-refractivity contribution is 0.506. The highest BCUT2D eigenvalue weighted by Crippen LogP contribution is 2.34. The van der Waals surface area contributed by atoms with Crippen LogP contribution < -0.4 is 0 Å². The van der Waals surface area contributed by atoms with Gasteiger partial charge < -0.3 is 4.42 Å². The highest BCUT2D eigenvalue weighted by atomic mass is 28.4. The molecule has 2 nitrogen and oxygen atoms in total. The lowest BCUT2D eigenvalue weighted by atomic mass is 10.8. The molecule has 0 fully saturated rings. The summed E-state index contributed by atoms with van der Waals surface area (Å²) in [5.74, 6) is 0.975. The van der Waals surface area contributed by atoms with E-state index in [0.29, 0.717) is 5.16 Å². The smallest absolute Gasteiger partial charge is 0.191 e. The molecule has 0 aromatic carbocycles. The summed E-state index contributed by atoms with van der Waals surface area (Å²) < 4.78 is 5.51. The number of oxazole rings is 1. The molecule has 0 saturated heterocycles. The molecule has 0 atom stereocenters. The Hall–Kier alpha value is -0.356. The highest BCUT2D eigenvalue weighted by Gasteiger charge is 2.41. The lowest BCUT2D eigenvalue weighted by Gasteiger charge is -2.35. The third kappa shape index (κ3) is 2.57. The number of hydrogen-bond donors (Lipinski definition) is 0.